The van der Waals surface area contributed by atoms with E-state index >= 15 is 0 Å². The summed E-state index contributed by atoms with van der Waals surface area (Å²) in [5, 5.41) is 0. The molecule has 106 valence electrons. The Bertz CT molecular complexity index is 409. The van der Waals surface area contributed by atoms with E-state index in [1.54, 1.807) is 13.2 Å². The summed E-state index contributed by atoms with van der Waals surface area (Å²) in [6.45, 7) is 3.94. The van der Waals surface area contributed by atoms with Crippen LogP contribution in [0, 0.1) is 11.7 Å². The first-order chi connectivity index (χ1) is 9.22. The zero-order chi connectivity index (χ0) is 13.7. The first-order valence-corrected chi connectivity index (χ1v) is 6.91. The fraction of sp³-hybridized carbons (Fsp3) is 0.600. The maximum Gasteiger partial charge on any atom is 0.127 e. The third-order valence-corrected chi connectivity index (χ3v) is 3.75. The van der Waals surface area contributed by atoms with Gasteiger partial charge >= 0.3 is 0 Å². The standard InChI is InChI=1S/C15H23FN2O/c1-19-11-13-3-2-6-18(9-13)10-14-7-12(8-17)4-5-15(14)16/h4-5,7,13H,2-3,6,8-11,17H2,1H3. The molecule has 2 N–H and O–H groups in total. The fourth-order valence-electron chi connectivity index (χ4n) is 2.78. The average Bonchev–Trinajstić information content (AvgIpc) is 2.42. The lowest BCUT2D eigenvalue weighted by Crippen LogP contribution is -2.36. The zero-order valence-corrected chi connectivity index (χ0v) is 11.6. The topological polar surface area (TPSA) is 38.5 Å². The molecule has 3 nitrogen and oxygen atoms in total. The number of likely N-dealkylation sites (tertiary alicyclic amines) is 1. The number of nitrogens with zero attached hydrogens (tertiary/aromatic N) is 1. The molecule has 1 aliphatic rings. The van der Waals surface area contributed by atoms with E-state index in [9.17, 15) is 4.39 Å². The number of piperidine rings is 1. The molecule has 1 aromatic rings. The number of hydrogen-bond acceptors (Lipinski definition) is 3. The molecule has 19 heavy (non-hydrogen) atoms. The zero-order valence-electron chi connectivity index (χ0n) is 11.6. The summed E-state index contributed by atoms with van der Waals surface area (Å²) < 4.78 is 19.0. The second-order valence-electron chi connectivity index (χ2n) is 5.33. The molecule has 0 bridgehead atoms. The van der Waals surface area contributed by atoms with Gasteiger partial charge in [-0.2, -0.15) is 0 Å². The van der Waals surface area contributed by atoms with Crippen molar-refractivity contribution in [2.24, 2.45) is 11.7 Å². The van der Waals surface area contributed by atoms with E-state index in [4.69, 9.17) is 10.5 Å². The van der Waals surface area contributed by atoms with Gasteiger partial charge in [-0.05, 0) is 36.9 Å². The predicted molar refractivity (Wildman–Crippen MR) is 74.2 cm³/mol. The maximum atomic E-state index is 13.8. The van der Waals surface area contributed by atoms with Crippen molar-refractivity contribution in [3.8, 4) is 0 Å². The van der Waals surface area contributed by atoms with Gasteiger partial charge in [0, 0.05) is 32.3 Å². The summed E-state index contributed by atoms with van der Waals surface area (Å²) in [6, 6.07) is 5.16. The SMILES string of the molecule is COCC1CCCN(Cc2cc(CN)ccc2F)C1. The molecule has 1 unspecified atom stereocenters. The first kappa shape index (κ1) is 14.4. The van der Waals surface area contributed by atoms with Crippen molar-refractivity contribution in [3.05, 3.63) is 35.1 Å². The summed E-state index contributed by atoms with van der Waals surface area (Å²) in [5.74, 6) is 0.436. The Morgan fingerprint density at radius 2 is 2.32 bits per heavy atom. The van der Waals surface area contributed by atoms with Crippen LogP contribution in [0.15, 0.2) is 18.2 Å². The normalized spacial score (nSPS) is 20.7. The van der Waals surface area contributed by atoms with Crippen LogP contribution in [0.3, 0.4) is 0 Å². The molecular weight excluding hydrogens is 243 g/mol. The molecule has 0 aromatic heterocycles. The van der Waals surface area contributed by atoms with Crippen LogP contribution in [0.2, 0.25) is 0 Å². The molecule has 1 fully saturated rings. The Kier molecular flexibility index (Phi) is 5.31. The van der Waals surface area contributed by atoms with Gasteiger partial charge in [0.2, 0.25) is 0 Å². The Balaban J connectivity index is 2.00. The minimum atomic E-state index is -0.133. The van der Waals surface area contributed by atoms with Gasteiger partial charge in [-0.15, -0.1) is 0 Å². The second-order valence-corrected chi connectivity index (χ2v) is 5.33. The van der Waals surface area contributed by atoms with Gasteiger partial charge in [-0.3, -0.25) is 4.90 Å². The number of rotatable bonds is 5. The molecule has 1 heterocycles. The number of halogens is 1. The molecule has 1 atom stereocenters. The second kappa shape index (κ2) is 6.98. The molecule has 0 amide bonds. The Morgan fingerprint density at radius 1 is 1.47 bits per heavy atom. The van der Waals surface area contributed by atoms with Crippen molar-refractivity contribution in [3.63, 3.8) is 0 Å². The van der Waals surface area contributed by atoms with E-state index in [0.717, 1.165) is 37.2 Å². The third kappa shape index (κ3) is 4.00. The molecule has 0 spiro atoms. The van der Waals surface area contributed by atoms with E-state index in [-0.39, 0.29) is 5.82 Å². The lowest BCUT2D eigenvalue weighted by molar-refractivity contribution is 0.0868. The highest BCUT2D eigenvalue weighted by molar-refractivity contribution is 5.25. The Hall–Kier alpha value is -0.970. The van der Waals surface area contributed by atoms with Crippen LogP contribution in [0.4, 0.5) is 4.39 Å². The summed E-state index contributed by atoms with van der Waals surface area (Å²) in [6.07, 6.45) is 2.36. The highest BCUT2D eigenvalue weighted by Gasteiger charge is 2.20. The van der Waals surface area contributed by atoms with Gasteiger partial charge < -0.3 is 10.5 Å². The van der Waals surface area contributed by atoms with E-state index < -0.39 is 0 Å². The molecule has 4 heteroatoms. The molecular formula is C15H23FN2O. The maximum absolute atomic E-state index is 13.8. The van der Waals surface area contributed by atoms with Crippen molar-refractivity contribution in [2.75, 3.05) is 26.8 Å². The van der Waals surface area contributed by atoms with Crippen LogP contribution in [-0.4, -0.2) is 31.7 Å². The van der Waals surface area contributed by atoms with E-state index in [2.05, 4.69) is 4.90 Å². The lowest BCUT2D eigenvalue weighted by Gasteiger charge is -2.32. The van der Waals surface area contributed by atoms with Gasteiger partial charge in [0.25, 0.3) is 0 Å². The van der Waals surface area contributed by atoms with E-state index in [0.29, 0.717) is 19.0 Å². The number of nitrogens with two attached hydrogens (primary N) is 1. The predicted octanol–water partition coefficient (Wildman–Crippen LogP) is 2.14. The molecule has 1 aliphatic heterocycles. The Labute approximate surface area is 114 Å². The van der Waals surface area contributed by atoms with Crippen LogP contribution in [-0.2, 0) is 17.8 Å². The third-order valence-electron chi connectivity index (χ3n) is 3.75. The van der Waals surface area contributed by atoms with E-state index in [1.807, 2.05) is 6.07 Å². The first-order valence-electron chi connectivity index (χ1n) is 6.91. The smallest absolute Gasteiger partial charge is 0.127 e. The van der Waals surface area contributed by atoms with Gasteiger partial charge in [0.05, 0.1) is 6.61 Å². The molecule has 0 saturated carbocycles. The molecule has 2 rings (SSSR count). The molecule has 0 aliphatic carbocycles. The number of methoxy groups -OCH3 is 1. The van der Waals surface area contributed by atoms with Gasteiger partial charge in [-0.1, -0.05) is 12.1 Å². The summed E-state index contributed by atoms with van der Waals surface area (Å²) in [4.78, 5) is 2.31. The van der Waals surface area contributed by atoms with Crippen LogP contribution in [0.1, 0.15) is 24.0 Å². The lowest BCUT2D eigenvalue weighted by atomic mass is 9.98. The van der Waals surface area contributed by atoms with Gasteiger partial charge in [0.1, 0.15) is 5.82 Å². The molecule has 1 saturated heterocycles. The van der Waals surface area contributed by atoms with Crippen molar-refractivity contribution in [1.82, 2.24) is 4.90 Å². The largest absolute Gasteiger partial charge is 0.384 e. The number of benzene rings is 1. The number of hydrogen-bond donors (Lipinski definition) is 1. The van der Waals surface area contributed by atoms with Crippen molar-refractivity contribution < 1.29 is 9.13 Å². The van der Waals surface area contributed by atoms with Gasteiger partial charge in [-0.25, -0.2) is 4.39 Å². The van der Waals surface area contributed by atoms with Crippen molar-refractivity contribution in [1.29, 1.82) is 0 Å². The summed E-state index contributed by atoms with van der Waals surface area (Å²) in [7, 11) is 1.74. The minimum absolute atomic E-state index is 0.133. The highest BCUT2D eigenvalue weighted by Crippen LogP contribution is 2.20. The van der Waals surface area contributed by atoms with Crippen molar-refractivity contribution in [2.45, 2.75) is 25.9 Å². The minimum Gasteiger partial charge on any atom is -0.384 e. The van der Waals surface area contributed by atoms with Crippen LogP contribution >= 0.6 is 0 Å². The average molecular weight is 266 g/mol. The van der Waals surface area contributed by atoms with Gasteiger partial charge in [0.15, 0.2) is 0 Å². The molecule has 1 aromatic carbocycles. The summed E-state index contributed by atoms with van der Waals surface area (Å²) in [5.41, 5.74) is 7.35. The van der Waals surface area contributed by atoms with Crippen LogP contribution in [0.5, 0.6) is 0 Å². The monoisotopic (exact) mass is 266 g/mol. The Morgan fingerprint density at radius 3 is 3.05 bits per heavy atom. The highest BCUT2D eigenvalue weighted by atomic mass is 19.1. The summed E-state index contributed by atoms with van der Waals surface area (Å²) >= 11 is 0. The fourth-order valence-corrected chi connectivity index (χ4v) is 2.78. The van der Waals surface area contributed by atoms with Crippen LogP contribution in [0.25, 0.3) is 0 Å². The molecule has 0 radical (unpaired) electrons. The number of ether oxygens (including phenoxy) is 1. The van der Waals surface area contributed by atoms with Crippen molar-refractivity contribution >= 4 is 0 Å². The quantitative estimate of drug-likeness (QED) is 0.887. The van der Waals surface area contributed by atoms with E-state index in [1.165, 1.54) is 12.5 Å². The van der Waals surface area contributed by atoms with Crippen LogP contribution < -0.4 is 5.73 Å².